The molecule has 0 amide bonds. The molecule has 2 aromatic rings. The van der Waals surface area contributed by atoms with Crippen LogP contribution in [-0.4, -0.2) is 29.9 Å². The largest absolute Gasteiger partial charge is 0.493 e. The Balaban J connectivity index is 1.94. The first-order valence-electron chi connectivity index (χ1n) is 8.12. The topological polar surface area (TPSA) is 117 Å². The summed E-state index contributed by atoms with van der Waals surface area (Å²) in [4.78, 5) is 37.8. The predicted molar refractivity (Wildman–Crippen MR) is 103 cm³/mol. The van der Waals surface area contributed by atoms with Crippen molar-refractivity contribution in [3.63, 3.8) is 0 Å². The number of methoxy groups -OCH3 is 1. The van der Waals surface area contributed by atoms with E-state index in [1.807, 2.05) is 0 Å². The van der Waals surface area contributed by atoms with Crippen molar-refractivity contribution in [2.75, 3.05) is 7.11 Å². The van der Waals surface area contributed by atoms with E-state index in [-0.39, 0.29) is 33.6 Å². The maximum atomic E-state index is 12.1. The van der Waals surface area contributed by atoms with Gasteiger partial charge in [-0.05, 0) is 35.9 Å². The van der Waals surface area contributed by atoms with Gasteiger partial charge in [0.1, 0.15) is 5.02 Å². The molecule has 1 aliphatic heterocycles. The van der Waals surface area contributed by atoms with Crippen LogP contribution in [0, 0.1) is 10.1 Å². The maximum Gasteiger partial charge on any atom is 0.363 e. The van der Waals surface area contributed by atoms with Gasteiger partial charge in [-0.15, -0.1) is 0 Å². The van der Waals surface area contributed by atoms with Crippen molar-refractivity contribution in [3.8, 4) is 11.5 Å². The van der Waals surface area contributed by atoms with Crippen LogP contribution in [0.4, 0.5) is 5.69 Å². The summed E-state index contributed by atoms with van der Waals surface area (Å²) in [6.07, 6.45) is 1.44. The molecule has 148 valence electrons. The first kappa shape index (κ1) is 20.0. The second-order valence-corrected chi connectivity index (χ2v) is 6.17. The molecule has 0 radical (unpaired) electrons. The third kappa shape index (κ3) is 4.41. The Kier molecular flexibility index (Phi) is 5.60. The molecule has 9 nitrogen and oxygen atoms in total. The number of nitrogens with zero attached hydrogens (tertiary/aromatic N) is 2. The Morgan fingerprint density at radius 2 is 2.00 bits per heavy atom. The van der Waals surface area contributed by atoms with Crippen LogP contribution in [0.2, 0.25) is 5.02 Å². The zero-order valence-electron chi connectivity index (χ0n) is 15.2. The van der Waals surface area contributed by atoms with Crippen LogP contribution >= 0.6 is 11.6 Å². The molecule has 3 rings (SSSR count). The third-order valence-corrected chi connectivity index (χ3v) is 4.07. The fourth-order valence-electron chi connectivity index (χ4n) is 2.49. The lowest BCUT2D eigenvalue weighted by Crippen LogP contribution is -2.06. The molecule has 0 aromatic heterocycles. The molecule has 1 aliphatic rings. The molecule has 0 saturated carbocycles. The summed E-state index contributed by atoms with van der Waals surface area (Å²) in [7, 11) is 1.41. The molecule has 0 spiro atoms. The van der Waals surface area contributed by atoms with Crippen molar-refractivity contribution in [3.05, 3.63) is 68.4 Å². The van der Waals surface area contributed by atoms with E-state index in [9.17, 15) is 19.7 Å². The number of carbonyl (C=O) groups excluding carboxylic acids is 2. The van der Waals surface area contributed by atoms with Gasteiger partial charge in [0.2, 0.25) is 5.90 Å². The number of hydrogen-bond donors (Lipinski definition) is 0. The van der Waals surface area contributed by atoms with Crippen LogP contribution in [0.25, 0.3) is 6.08 Å². The molecule has 0 N–H and O–H groups in total. The van der Waals surface area contributed by atoms with Gasteiger partial charge >= 0.3 is 11.9 Å². The molecule has 1 heterocycles. The predicted octanol–water partition coefficient (Wildman–Crippen LogP) is 3.53. The summed E-state index contributed by atoms with van der Waals surface area (Å²) in [6.45, 7) is 1.27. The Hall–Kier alpha value is -3.72. The summed E-state index contributed by atoms with van der Waals surface area (Å²) >= 11 is 5.79. The summed E-state index contributed by atoms with van der Waals surface area (Å²) in [6, 6.07) is 8.63. The molecule has 0 saturated heterocycles. The molecule has 0 aliphatic carbocycles. The standard InChI is InChI=1S/C19H13ClN2O7/c1-10(23)28-16-6-3-11(8-17(16)27-2)7-14-19(24)29-18(21-14)12-4-5-13(20)15(9-12)22(25)26/h3-9H,1-2H3/b14-7-. The highest BCUT2D eigenvalue weighted by molar-refractivity contribution is 6.32. The smallest absolute Gasteiger partial charge is 0.363 e. The zero-order chi connectivity index (χ0) is 21.1. The number of nitro groups is 1. The van der Waals surface area contributed by atoms with E-state index in [0.29, 0.717) is 11.3 Å². The van der Waals surface area contributed by atoms with Crippen LogP contribution in [0.1, 0.15) is 18.1 Å². The number of ether oxygens (including phenoxy) is 3. The van der Waals surface area contributed by atoms with E-state index in [1.54, 1.807) is 12.1 Å². The van der Waals surface area contributed by atoms with Crippen molar-refractivity contribution in [2.45, 2.75) is 6.92 Å². The van der Waals surface area contributed by atoms with Gasteiger partial charge < -0.3 is 14.2 Å². The first-order valence-corrected chi connectivity index (χ1v) is 8.49. The summed E-state index contributed by atoms with van der Waals surface area (Å²) in [5.41, 5.74) is 0.434. The first-order chi connectivity index (χ1) is 13.8. The molecule has 0 bridgehead atoms. The minimum absolute atomic E-state index is 0.0140. The van der Waals surface area contributed by atoms with Crippen molar-refractivity contribution >= 4 is 41.2 Å². The van der Waals surface area contributed by atoms with E-state index < -0.39 is 16.9 Å². The van der Waals surface area contributed by atoms with Gasteiger partial charge in [0.15, 0.2) is 17.2 Å². The highest BCUT2D eigenvalue weighted by Crippen LogP contribution is 2.31. The Bertz CT molecular complexity index is 1090. The number of nitro benzene ring substituents is 1. The van der Waals surface area contributed by atoms with Crippen LogP contribution in [0.3, 0.4) is 0 Å². The molecule has 0 fully saturated rings. The normalized spacial score (nSPS) is 14.4. The highest BCUT2D eigenvalue weighted by Gasteiger charge is 2.26. The number of halogens is 1. The Morgan fingerprint density at radius 3 is 2.66 bits per heavy atom. The molecular weight excluding hydrogens is 404 g/mol. The second kappa shape index (κ2) is 8.11. The number of benzene rings is 2. The number of esters is 2. The third-order valence-electron chi connectivity index (χ3n) is 3.76. The number of rotatable bonds is 5. The van der Waals surface area contributed by atoms with E-state index in [0.717, 1.165) is 0 Å². The van der Waals surface area contributed by atoms with Crippen LogP contribution < -0.4 is 9.47 Å². The minimum atomic E-state index is -0.722. The maximum absolute atomic E-state index is 12.1. The van der Waals surface area contributed by atoms with Crippen LogP contribution in [0.15, 0.2) is 47.1 Å². The minimum Gasteiger partial charge on any atom is -0.493 e. The number of hydrogen-bond acceptors (Lipinski definition) is 8. The average molecular weight is 417 g/mol. The van der Waals surface area contributed by atoms with Crippen LogP contribution in [-0.2, 0) is 14.3 Å². The van der Waals surface area contributed by atoms with Gasteiger partial charge in [0.05, 0.1) is 12.0 Å². The van der Waals surface area contributed by atoms with E-state index in [1.165, 1.54) is 44.4 Å². The summed E-state index contributed by atoms with van der Waals surface area (Å²) in [5.74, 6) is -0.780. The van der Waals surface area contributed by atoms with Gasteiger partial charge in [-0.2, -0.15) is 0 Å². The number of aliphatic imine (C=N–C) groups is 1. The van der Waals surface area contributed by atoms with Gasteiger partial charge in [-0.25, -0.2) is 9.79 Å². The summed E-state index contributed by atoms with van der Waals surface area (Å²) in [5, 5.41) is 11.0. The monoisotopic (exact) mass is 416 g/mol. The lowest BCUT2D eigenvalue weighted by molar-refractivity contribution is -0.384. The van der Waals surface area contributed by atoms with Crippen molar-refractivity contribution in [2.24, 2.45) is 4.99 Å². The van der Waals surface area contributed by atoms with Gasteiger partial charge in [-0.3, -0.25) is 14.9 Å². The Morgan fingerprint density at radius 1 is 1.24 bits per heavy atom. The van der Waals surface area contributed by atoms with Crippen LogP contribution in [0.5, 0.6) is 11.5 Å². The summed E-state index contributed by atoms with van der Waals surface area (Å²) < 4.78 is 15.3. The van der Waals surface area contributed by atoms with E-state index >= 15 is 0 Å². The second-order valence-electron chi connectivity index (χ2n) is 5.76. The fourth-order valence-corrected chi connectivity index (χ4v) is 2.68. The van der Waals surface area contributed by atoms with Gasteiger partial charge in [0.25, 0.3) is 5.69 Å². The highest BCUT2D eigenvalue weighted by atomic mass is 35.5. The molecule has 29 heavy (non-hydrogen) atoms. The van der Waals surface area contributed by atoms with Gasteiger partial charge in [-0.1, -0.05) is 17.7 Å². The quantitative estimate of drug-likeness (QED) is 0.240. The molecule has 0 unspecified atom stereocenters. The fraction of sp³-hybridized carbons (Fsp3) is 0.105. The van der Waals surface area contributed by atoms with Gasteiger partial charge in [0, 0.05) is 18.6 Å². The molecular formula is C19H13ClN2O7. The van der Waals surface area contributed by atoms with Crippen molar-refractivity contribution in [1.29, 1.82) is 0 Å². The Labute approximate surface area is 169 Å². The van der Waals surface area contributed by atoms with Crippen molar-refractivity contribution < 1.29 is 28.7 Å². The molecule has 10 heteroatoms. The van der Waals surface area contributed by atoms with Crippen molar-refractivity contribution in [1.82, 2.24) is 0 Å². The SMILES string of the molecule is COc1cc(/C=C2\N=C(c3ccc(Cl)c([N+](=O)[O-])c3)OC2=O)ccc1OC(C)=O. The van der Waals surface area contributed by atoms with E-state index in [2.05, 4.69) is 4.99 Å². The molecule has 0 atom stereocenters. The molecule has 2 aromatic carbocycles. The number of cyclic esters (lactones) is 1. The average Bonchev–Trinajstić information content (AvgIpc) is 3.03. The lowest BCUT2D eigenvalue weighted by Gasteiger charge is -2.08. The lowest BCUT2D eigenvalue weighted by atomic mass is 10.1. The number of carbonyl (C=O) groups is 2. The van der Waals surface area contributed by atoms with E-state index in [4.69, 9.17) is 25.8 Å². The zero-order valence-corrected chi connectivity index (χ0v) is 15.9.